The fourth-order valence-corrected chi connectivity index (χ4v) is 2.52. The Morgan fingerprint density at radius 1 is 1.00 bits per heavy atom. The average molecular weight is 343 g/mol. The standard InChI is InChI=1S/C20H25NO4/c1-13-8-6-7-9-18(13)25-15(3)20(22)21-14(2)17-12-16(23-4)10-11-19(17)24-5/h6-12,14-15H,1-5H3,(H,21,22)/t14-,15-/m1/s1. The van der Waals surface area contributed by atoms with Crippen LogP contribution >= 0.6 is 0 Å². The minimum atomic E-state index is -0.611. The largest absolute Gasteiger partial charge is 0.497 e. The van der Waals surface area contributed by atoms with Crippen LogP contribution in [0.3, 0.4) is 0 Å². The molecule has 5 nitrogen and oxygen atoms in total. The van der Waals surface area contributed by atoms with E-state index in [1.54, 1.807) is 21.1 Å². The van der Waals surface area contributed by atoms with Crippen molar-refractivity contribution in [2.24, 2.45) is 0 Å². The average Bonchev–Trinajstić information content (AvgIpc) is 2.62. The topological polar surface area (TPSA) is 56.8 Å². The van der Waals surface area contributed by atoms with Gasteiger partial charge in [0.05, 0.1) is 20.3 Å². The number of amides is 1. The van der Waals surface area contributed by atoms with Crippen molar-refractivity contribution in [2.75, 3.05) is 14.2 Å². The molecule has 1 N–H and O–H groups in total. The Morgan fingerprint density at radius 2 is 1.72 bits per heavy atom. The summed E-state index contributed by atoms with van der Waals surface area (Å²) in [6.07, 6.45) is -0.611. The molecule has 0 saturated carbocycles. The molecule has 134 valence electrons. The van der Waals surface area contributed by atoms with Gasteiger partial charge in [-0.2, -0.15) is 0 Å². The molecular formula is C20H25NO4. The molecule has 0 saturated heterocycles. The van der Waals surface area contributed by atoms with Crippen LogP contribution in [0.15, 0.2) is 42.5 Å². The van der Waals surface area contributed by atoms with Crippen LogP contribution in [-0.4, -0.2) is 26.2 Å². The predicted molar refractivity (Wildman–Crippen MR) is 97.4 cm³/mol. The molecule has 0 heterocycles. The first-order valence-corrected chi connectivity index (χ1v) is 8.20. The zero-order chi connectivity index (χ0) is 18.4. The Balaban J connectivity index is 2.08. The van der Waals surface area contributed by atoms with E-state index < -0.39 is 6.10 Å². The van der Waals surface area contributed by atoms with Crippen molar-refractivity contribution >= 4 is 5.91 Å². The minimum Gasteiger partial charge on any atom is -0.497 e. The second-order valence-corrected chi connectivity index (χ2v) is 5.86. The maximum Gasteiger partial charge on any atom is 0.261 e. The molecule has 0 spiro atoms. The highest BCUT2D eigenvalue weighted by Crippen LogP contribution is 2.29. The Bertz CT molecular complexity index is 729. The lowest BCUT2D eigenvalue weighted by molar-refractivity contribution is -0.127. The van der Waals surface area contributed by atoms with Gasteiger partial charge in [0.1, 0.15) is 17.2 Å². The summed E-state index contributed by atoms with van der Waals surface area (Å²) in [6, 6.07) is 12.9. The van der Waals surface area contributed by atoms with E-state index in [2.05, 4.69) is 5.32 Å². The first-order chi connectivity index (χ1) is 12.0. The number of carbonyl (C=O) groups excluding carboxylic acids is 1. The van der Waals surface area contributed by atoms with Gasteiger partial charge in [0.15, 0.2) is 6.10 Å². The molecule has 0 aromatic heterocycles. The highest BCUT2D eigenvalue weighted by molar-refractivity contribution is 5.81. The van der Waals surface area contributed by atoms with Gasteiger partial charge in [-0.1, -0.05) is 18.2 Å². The van der Waals surface area contributed by atoms with Gasteiger partial charge < -0.3 is 19.5 Å². The molecule has 0 bridgehead atoms. The summed E-state index contributed by atoms with van der Waals surface area (Å²) in [6.45, 7) is 5.58. The molecule has 0 radical (unpaired) electrons. The summed E-state index contributed by atoms with van der Waals surface area (Å²) in [5.74, 6) is 1.92. The number of hydrogen-bond acceptors (Lipinski definition) is 4. The van der Waals surface area contributed by atoms with Gasteiger partial charge in [-0.05, 0) is 50.6 Å². The van der Waals surface area contributed by atoms with Gasteiger partial charge in [0.2, 0.25) is 0 Å². The molecule has 2 atom stereocenters. The molecule has 2 aromatic carbocycles. The third-order valence-corrected chi connectivity index (χ3v) is 4.03. The zero-order valence-electron chi connectivity index (χ0n) is 15.3. The highest BCUT2D eigenvalue weighted by atomic mass is 16.5. The number of para-hydroxylation sites is 1. The lowest BCUT2D eigenvalue weighted by Crippen LogP contribution is -2.38. The first kappa shape index (κ1) is 18.6. The molecule has 2 aromatic rings. The lowest BCUT2D eigenvalue weighted by atomic mass is 10.1. The van der Waals surface area contributed by atoms with Crippen molar-refractivity contribution in [3.63, 3.8) is 0 Å². The van der Waals surface area contributed by atoms with Gasteiger partial charge in [-0.3, -0.25) is 4.79 Å². The third-order valence-electron chi connectivity index (χ3n) is 4.03. The molecule has 0 aliphatic rings. The number of benzene rings is 2. The fourth-order valence-electron chi connectivity index (χ4n) is 2.52. The van der Waals surface area contributed by atoms with E-state index in [4.69, 9.17) is 14.2 Å². The maximum atomic E-state index is 12.5. The summed E-state index contributed by atoms with van der Waals surface area (Å²) >= 11 is 0. The number of aryl methyl sites for hydroxylation is 1. The van der Waals surface area contributed by atoms with Crippen LogP contribution in [0.5, 0.6) is 17.2 Å². The Kier molecular flexibility index (Phi) is 6.28. The van der Waals surface area contributed by atoms with Crippen LogP contribution in [0, 0.1) is 6.92 Å². The van der Waals surface area contributed by atoms with Crippen molar-refractivity contribution in [1.29, 1.82) is 0 Å². The first-order valence-electron chi connectivity index (χ1n) is 8.20. The second kappa shape index (κ2) is 8.42. The molecule has 0 fully saturated rings. The molecule has 25 heavy (non-hydrogen) atoms. The van der Waals surface area contributed by atoms with Crippen LogP contribution in [0.25, 0.3) is 0 Å². The van der Waals surface area contributed by atoms with Crippen LogP contribution < -0.4 is 19.5 Å². The van der Waals surface area contributed by atoms with Crippen LogP contribution in [0.2, 0.25) is 0 Å². The minimum absolute atomic E-state index is 0.194. The van der Waals surface area contributed by atoms with Gasteiger partial charge in [-0.25, -0.2) is 0 Å². The summed E-state index contributed by atoms with van der Waals surface area (Å²) in [5.41, 5.74) is 1.84. The van der Waals surface area contributed by atoms with E-state index in [1.807, 2.05) is 56.3 Å². The van der Waals surface area contributed by atoms with E-state index in [0.717, 1.165) is 11.1 Å². The monoisotopic (exact) mass is 343 g/mol. The number of carbonyl (C=O) groups is 1. The van der Waals surface area contributed by atoms with Crippen molar-refractivity contribution in [1.82, 2.24) is 5.32 Å². The summed E-state index contributed by atoms with van der Waals surface area (Å²) < 4.78 is 16.4. The summed E-state index contributed by atoms with van der Waals surface area (Å²) in [5, 5.41) is 2.96. The van der Waals surface area contributed by atoms with E-state index in [-0.39, 0.29) is 11.9 Å². The fraction of sp³-hybridized carbons (Fsp3) is 0.350. The van der Waals surface area contributed by atoms with E-state index in [1.165, 1.54) is 0 Å². The van der Waals surface area contributed by atoms with Crippen LogP contribution in [0.4, 0.5) is 0 Å². The number of methoxy groups -OCH3 is 2. The molecule has 0 aliphatic heterocycles. The second-order valence-electron chi connectivity index (χ2n) is 5.86. The summed E-state index contributed by atoms with van der Waals surface area (Å²) in [7, 11) is 3.21. The molecule has 1 amide bonds. The van der Waals surface area contributed by atoms with Crippen molar-refractivity contribution < 1.29 is 19.0 Å². The van der Waals surface area contributed by atoms with Gasteiger partial charge >= 0.3 is 0 Å². The smallest absolute Gasteiger partial charge is 0.261 e. The molecular weight excluding hydrogens is 318 g/mol. The normalized spacial score (nSPS) is 12.8. The molecule has 0 unspecified atom stereocenters. The van der Waals surface area contributed by atoms with Crippen LogP contribution in [0.1, 0.15) is 31.0 Å². The van der Waals surface area contributed by atoms with Crippen molar-refractivity contribution in [3.8, 4) is 17.2 Å². The summed E-state index contributed by atoms with van der Waals surface area (Å²) in [4.78, 5) is 12.5. The zero-order valence-corrected chi connectivity index (χ0v) is 15.3. The number of nitrogens with one attached hydrogen (secondary N) is 1. The predicted octanol–water partition coefficient (Wildman–Crippen LogP) is 3.66. The quantitative estimate of drug-likeness (QED) is 0.834. The Hall–Kier alpha value is -2.69. The number of rotatable bonds is 7. The highest BCUT2D eigenvalue weighted by Gasteiger charge is 2.20. The SMILES string of the molecule is COc1ccc(OC)c([C@@H](C)NC(=O)[C@@H](C)Oc2ccccc2C)c1. The Labute approximate surface area is 148 Å². The van der Waals surface area contributed by atoms with Gasteiger partial charge in [-0.15, -0.1) is 0 Å². The van der Waals surface area contributed by atoms with E-state index in [9.17, 15) is 4.79 Å². The Morgan fingerprint density at radius 3 is 2.36 bits per heavy atom. The van der Waals surface area contributed by atoms with Crippen molar-refractivity contribution in [2.45, 2.75) is 32.9 Å². The lowest BCUT2D eigenvalue weighted by Gasteiger charge is -2.21. The molecule has 5 heteroatoms. The molecule has 0 aliphatic carbocycles. The van der Waals surface area contributed by atoms with Gasteiger partial charge in [0, 0.05) is 5.56 Å². The van der Waals surface area contributed by atoms with Gasteiger partial charge in [0.25, 0.3) is 5.91 Å². The van der Waals surface area contributed by atoms with E-state index >= 15 is 0 Å². The van der Waals surface area contributed by atoms with E-state index in [0.29, 0.717) is 17.2 Å². The molecule has 2 rings (SSSR count). The number of hydrogen-bond donors (Lipinski definition) is 1. The maximum absolute atomic E-state index is 12.5. The van der Waals surface area contributed by atoms with Crippen LogP contribution in [-0.2, 0) is 4.79 Å². The number of ether oxygens (including phenoxy) is 3. The third kappa shape index (κ3) is 4.66. The van der Waals surface area contributed by atoms with Crippen molar-refractivity contribution in [3.05, 3.63) is 53.6 Å².